The molecule has 0 amide bonds. The Bertz CT molecular complexity index is 1120. The van der Waals surface area contributed by atoms with Crippen molar-refractivity contribution in [1.82, 2.24) is 15.0 Å². The van der Waals surface area contributed by atoms with Gasteiger partial charge in [-0.2, -0.15) is 4.98 Å². The second-order valence-corrected chi connectivity index (χ2v) is 7.29. The number of anilines is 3. The molecule has 150 valence electrons. The largest absolute Gasteiger partial charge is 0.354 e. The molecule has 0 radical (unpaired) electrons. The summed E-state index contributed by atoms with van der Waals surface area (Å²) in [5.74, 6) is 2.16. The number of nitrogens with zero attached hydrogens (tertiary/aromatic N) is 4. The van der Waals surface area contributed by atoms with Gasteiger partial charge < -0.3 is 10.2 Å². The topological polar surface area (TPSA) is 53.9 Å². The SMILES string of the molecule is CN(c1cccc(-c2cccc(Cl)c2)n1)c1ccnc(NCCc2ccccc2)n1. The Balaban J connectivity index is 1.47. The van der Waals surface area contributed by atoms with Crippen molar-refractivity contribution in [2.45, 2.75) is 6.42 Å². The van der Waals surface area contributed by atoms with Gasteiger partial charge in [0, 0.05) is 30.4 Å². The van der Waals surface area contributed by atoms with E-state index >= 15 is 0 Å². The van der Waals surface area contributed by atoms with Crippen LogP contribution in [0.3, 0.4) is 0 Å². The Labute approximate surface area is 181 Å². The minimum atomic E-state index is 0.598. The fraction of sp³-hybridized carbons (Fsp3) is 0.125. The van der Waals surface area contributed by atoms with Crippen LogP contribution in [0, 0.1) is 0 Å². The van der Waals surface area contributed by atoms with Crippen LogP contribution in [0.4, 0.5) is 17.6 Å². The zero-order chi connectivity index (χ0) is 20.8. The summed E-state index contributed by atoms with van der Waals surface area (Å²) in [5, 5.41) is 3.99. The van der Waals surface area contributed by atoms with E-state index < -0.39 is 0 Å². The summed E-state index contributed by atoms with van der Waals surface area (Å²) in [6.45, 7) is 0.764. The highest BCUT2D eigenvalue weighted by Gasteiger charge is 2.10. The lowest BCUT2D eigenvalue weighted by atomic mass is 10.1. The van der Waals surface area contributed by atoms with Crippen LogP contribution in [0.15, 0.2) is 85.1 Å². The maximum atomic E-state index is 6.13. The number of hydrogen-bond donors (Lipinski definition) is 1. The van der Waals surface area contributed by atoms with Crippen molar-refractivity contribution in [1.29, 1.82) is 0 Å². The van der Waals surface area contributed by atoms with Gasteiger partial charge in [-0.15, -0.1) is 0 Å². The number of rotatable bonds is 7. The fourth-order valence-electron chi connectivity index (χ4n) is 3.12. The summed E-state index contributed by atoms with van der Waals surface area (Å²) in [7, 11) is 1.94. The van der Waals surface area contributed by atoms with Crippen molar-refractivity contribution in [3.05, 3.63) is 95.6 Å². The van der Waals surface area contributed by atoms with Gasteiger partial charge >= 0.3 is 0 Å². The Morgan fingerprint density at radius 2 is 1.67 bits per heavy atom. The van der Waals surface area contributed by atoms with Gasteiger partial charge in [0.05, 0.1) is 5.69 Å². The van der Waals surface area contributed by atoms with Crippen LogP contribution >= 0.6 is 11.6 Å². The molecular weight excluding hydrogens is 394 g/mol. The molecule has 0 unspecified atom stereocenters. The first-order valence-electron chi connectivity index (χ1n) is 9.76. The van der Waals surface area contributed by atoms with E-state index in [4.69, 9.17) is 16.6 Å². The van der Waals surface area contributed by atoms with E-state index in [2.05, 4.69) is 27.4 Å². The molecule has 6 heteroatoms. The van der Waals surface area contributed by atoms with Crippen molar-refractivity contribution >= 4 is 29.2 Å². The van der Waals surface area contributed by atoms with Gasteiger partial charge in [-0.1, -0.05) is 60.1 Å². The summed E-state index contributed by atoms with van der Waals surface area (Å²) >= 11 is 6.13. The van der Waals surface area contributed by atoms with Crippen molar-refractivity contribution in [2.75, 3.05) is 23.8 Å². The van der Waals surface area contributed by atoms with E-state index in [0.29, 0.717) is 11.0 Å². The average molecular weight is 416 g/mol. The van der Waals surface area contributed by atoms with Crippen LogP contribution in [0.1, 0.15) is 5.56 Å². The van der Waals surface area contributed by atoms with E-state index in [-0.39, 0.29) is 0 Å². The van der Waals surface area contributed by atoms with Crippen LogP contribution in [0.5, 0.6) is 0 Å². The van der Waals surface area contributed by atoms with E-state index in [1.165, 1.54) is 5.56 Å². The number of pyridine rings is 1. The van der Waals surface area contributed by atoms with Crippen LogP contribution in [-0.2, 0) is 6.42 Å². The monoisotopic (exact) mass is 415 g/mol. The zero-order valence-electron chi connectivity index (χ0n) is 16.7. The molecule has 2 aromatic heterocycles. The highest BCUT2D eigenvalue weighted by atomic mass is 35.5. The van der Waals surface area contributed by atoms with Crippen LogP contribution < -0.4 is 10.2 Å². The van der Waals surface area contributed by atoms with E-state index in [9.17, 15) is 0 Å². The number of benzene rings is 2. The number of halogens is 1. The lowest BCUT2D eigenvalue weighted by Gasteiger charge is -2.18. The van der Waals surface area contributed by atoms with Crippen molar-refractivity contribution in [3.8, 4) is 11.3 Å². The molecule has 30 heavy (non-hydrogen) atoms. The average Bonchev–Trinajstić information content (AvgIpc) is 2.80. The van der Waals surface area contributed by atoms with E-state index in [0.717, 1.165) is 35.9 Å². The molecule has 0 bridgehead atoms. The highest BCUT2D eigenvalue weighted by Crippen LogP contribution is 2.25. The Kier molecular flexibility index (Phi) is 6.20. The van der Waals surface area contributed by atoms with Crippen LogP contribution in [0.2, 0.25) is 5.02 Å². The zero-order valence-corrected chi connectivity index (χ0v) is 17.4. The maximum Gasteiger partial charge on any atom is 0.224 e. The lowest BCUT2D eigenvalue weighted by molar-refractivity contribution is 0.973. The molecule has 5 nitrogen and oxygen atoms in total. The van der Waals surface area contributed by atoms with Gasteiger partial charge in [-0.05, 0) is 42.3 Å². The molecule has 0 fully saturated rings. The summed E-state index contributed by atoms with van der Waals surface area (Å²) in [5.41, 5.74) is 3.11. The lowest BCUT2D eigenvalue weighted by Crippen LogP contribution is -2.15. The quantitative estimate of drug-likeness (QED) is 0.425. The van der Waals surface area contributed by atoms with Gasteiger partial charge in [0.25, 0.3) is 0 Å². The molecule has 4 aromatic rings. The summed E-state index contributed by atoms with van der Waals surface area (Å²) in [6.07, 6.45) is 2.66. The molecule has 1 N–H and O–H groups in total. The molecule has 0 spiro atoms. The summed E-state index contributed by atoms with van der Waals surface area (Å²) < 4.78 is 0. The Morgan fingerprint density at radius 3 is 2.50 bits per heavy atom. The Hall–Kier alpha value is -3.44. The van der Waals surface area contributed by atoms with Crippen molar-refractivity contribution in [3.63, 3.8) is 0 Å². The molecule has 2 aromatic carbocycles. The number of hydrogen-bond acceptors (Lipinski definition) is 5. The third kappa shape index (κ3) is 4.93. The third-order valence-electron chi connectivity index (χ3n) is 4.72. The first-order chi connectivity index (χ1) is 14.7. The molecule has 0 atom stereocenters. The number of nitrogens with one attached hydrogen (secondary N) is 1. The van der Waals surface area contributed by atoms with Gasteiger partial charge in [0.2, 0.25) is 5.95 Å². The molecule has 0 aliphatic heterocycles. The third-order valence-corrected chi connectivity index (χ3v) is 4.96. The molecule has 0 saturated carbocycles. The molecule has 0 aliphatic carbocycles. The second kappa shape index (κ2) is 9.37. The molecule has 0 aliphatic rings. The van der Waals surface area contributed by atoms with Crippen molar-refractivity contribution < 1.29 is 0 Å². The Morgan fingerprint density at radius 1 is 0.867 bits per heavy atom. The van der Waals surface area contributed by atoms with Crippen molar-refractivity contribution in [2.24, 2.45) is 0 Å². The standard InChI is InChI=1S/C24H22ClN5/c1-30(22-12-6-11-21(28-22)19-9-5-10-20(25)17-19)23-14-16-27-24(29-23)26-15-13-18-7-3-2-4-8-18/h2-12,14,16-17H,13,15H2,1H3,(H,26,27,29). The summed E-state index contributed by atoms with van der Waals surface area (Å²) in [4.78, 5) is 15.7. The predicted molar refractivity (Wildman–Crippen MR) is 123 cm³/mol. The molecule has 4 rings (SSSR count). The van der Waals surface area contributed by atoms with Crippen LogP contribution in [-0.4, -0.2) is 28.5 Å². The molecule has 0 saturated heterocycles. The summed E-state index contributed by atoms with van der Waals surface area (Å²) in [6, 6.07) is 25.8. The fourth-order valence-corrected chi connectivity index (χ4v) is 3.31. The first kappa shape index (κ1) is 19.9. The highest BCUT2D eigenvalue weighted by molar-refractivity contribution is 6.30. The van der Waals surface area contributed by atoms with Gasteiger partial charge in [0.15, 0.2) is 0 Å². The number of aromatic nitrogens is 3. The minimum absolute atomic E-state index is 0.598. The molecular formula is C24H22ClN5. The maximum absolute atomic E-state index is 6.13. The first-order valence-corrected chi connectivity index (χ1v) is 10.1. The van der Waals surface area contributed by atoms with E-state index in [1.807, 2.05) is 78.7 Å². The second-order valence-electron chi connectivity index (χ2n) is 6.85. The smallest absolute Gasteiger partial charge is 0.224 e. The van der Waals surface area contributed by atoms with Crippen LogP contribution in [0.25, 0.3) is 11.3 Å². The normalized spacial score (nSPS) is 10.6. The predicted octanol–water partition coefficient (Wildman–Crippen LogP) is 5.61. The van der Waals surface area contributed by atoms with Gasteiger partial charge in [0.1, 0.15) is 11.6 Å². The minimum Gasteiger partial charge on any atom is -0.354 e. The molecule has 2 heterocycles. The van der Waals surface area contributed by atoms with Gasteiger partial charge in [-0.25, -0.2) is 9.97 Å². The van der Waals surface area contributed by atoms with E-state index in [1.54, 1.807) is 6.20 Å². The van der Waals surface area contributed by atoms with Gasteiger partial charge in [-0.3, -0.25) is 0 Å².